The van der Waals surface area contributed by atoms with E-state index in [1.54, 1.807) is 31.4 Å². The van der Waals surface area contributed by atoms with Crippen LogP contribution in [0.15, 0.2) is 24.3 Å². The molecule has 0 heterocycles. The molecule has 3 N–H and O–H groups in total. The number of carbonyl (C=O) groups is 1. The van der Waals surface area contributed by atoms with Crippen LogP contribution in [0.5, 0.6) is 0 Å². The van der Waals surface area contributed by atoms with Gasteiger partial charge in [0.1, 0.15) is 4.99 Å². The monoisotopic (exact) mass is 296 g/mol. The minimum absolute atomic E-state index is 0.100. The highest BCUT2D eigenvalue weighted by molar-refractivity contribution is 7.80. The smallest absolute Gasteiger partial charge is 0.226 e. The van der Waals surface area contributed by atoms with E-state index in [0.29, 0.717) is 36.9 Å². The summed E-state index contributed by atoms with van der Waals surface area (Å²) in [5.41, 5.74) is 6.95. The van der Waals surface area contributed by atoms with Crippen LogP contribution < -0.4 is 11.1 Å². The first kappa shape index (κ1) is 16.6. The Bertz CT molecular complexity index is 452. The van der Waals surface area contributed by atoms with Crippen LogP contribution in [0, 0.1) is 0 Å². The molecule has 0 aliphatic heterocycles. The van der Waals surface area contributed by atoms with Gasteiger partial charge >= 0.3 is 0 Å². The molecule has 0 aliphatic rings. The number of nitrogens with one attached hydrogen (secondary N) is 1. The van der Waals surface area contributed by atoms with Gasteiger partial charge in [0.15, 0.2) is 0 Å². The van der Waals surface area contributed by atoms with Crippen molar-refractivity contribution in [3.63, 3.8) is 0 Å². The summed E-state index contributed by atoms with van der Waals surface area (Å²) in [6.07, 6.45) is 1.14. The lowest BCUT2D eigenvalue weighted by Gasteiger charge is -2.07. The number of ether oxygens (including phenoxy) is 2. The normalized spacial score (nSPS) is 10.2. The Morgan fingerprint density at radius 3 is 2.85 bits per heavy atom. The third-order valence-electron chi connectivity index (χ3n) is 2.54. The Labute approximate surface area is 124 Å². The largest absolute Gasteiger partial charge is 0.389 e. The highest BCUT2D eigenvalue weighted by Crippen LogP contribution is 2.10. The van der Waals surface area contributed by atoms with Gasteiger partial charge < -0.3 is 20.5 Å². The Morgan fingerprint density at radius 2 is 2.15 bits per heavy atom. The summed E-state index contributed by atoms with van der Waals surface area (Å²) >= 11 is 4.89. The maximum atomic E-state index is 11.7. The fourth-order valence-corrected chi connectivity index (χ4v) is 1.67. The van der Waals surface area contributed by atoms with E-state index in [1.165, 1.54) is 0 Å². The number of amides is 1. The minimum atomic E-state index is -0.100. The Morgan fingerprint density at radius 1 is 1.35 bits per heavy atom. The van der Waals surface area contributed by atoms with E-state index in [1.807, 2.05) is 0 Å². The zero-order valence-electron chi connectivity index (χ0n) is 11.6. The third-order valence-corrected chi connectivity index (χ3v) is 2.78. The summed E-state index contributed by atoms with van der Waals surface area (Å²) in [6.45, 7) is 1.65. The first-order valence-electron chi connectivity index (χ1n) is 6.40. The molecule has 0 fully saturated rings. The summed E-state index contributed by atoms with van der Waals surface area (Å²) in [5, 5.41) is 2.78. The van der Waals surface area contributed by atoms with Crippen LogP contribution in [-0.2, 0) is 14.3 Å². The standard InChI is InChI=1S/C14H20N2O3S/c1-18-7-3-8-19-9-6-13(17)16-12-5-2-4-11(10-12)14(15)20/h2,4-5,10H,3,6-9H2,1H3,(H2,15,20)(H,16,17). The van der Waals surface area contributed by atoms with Gasteiger partial charge in [0.2, 0.25) is 5.91 Å². The summed E-state index contributed by atoms with van der Waals surface area (Å²) < 4.78 is 10.2. The van der Waals surface area contributed by atoms with Gasteiger partial charge in [-0.3, -0.25) is 4.79 Å². The van der Waals surface area contributed by atoms with Gasteiger partial charge in [-0.2, -0.15) is 0 Å². The fourth-order valence-electron chi connectivity index (χ4n) is 1.55. The molecule has 1 aromatic carbocycles. The summed E-state index contributed by atoms with van der Waals surface area (Å²) in [5.74, 6) is -0.100. The number of hydrogen-bond donors (Lipinski definition) is 2. The molecule has 6 heteroatoms. The summed E-state index contributed by atoms with van der Waals surface area (Å²) in [6, 6.07) is 7.14. The number of thiocarbonyl (C=S) groups is 1. The number of hydrogen-bond acceptors (Lipinski definition) is 4. The van der Waals surface area contributed by atoms with Crippen LogP contribution >= 0.6 is 12.2 Å². The van der Waals surface area contributed by atoms with Crippen LogP contribution in [0.25, 0.3) is 0 Å². The first-order valence-corrected chi connectivity index (χ1v) is 6.80. The molecule has 0 bridgehead atoms. The molecule has 0 saturated heterocycles. The van der Waals surface area contributed by atoms with E-state index in [2.05, 4.69) is 5.32 Å². The quantitative estimate of drug-likeness (QED) is 0.536. The molecule has 0 saturated carbocycles. The van der Waals surface area contributed by atoms with Gasteiger partial charge in [-0.25, -0.2) is 0 Å². The molecule has 0 atom stereocenters. The summed E-state index contributed by atoms with van der Waals surface area (Å²) in [7, 11) is 1.65. The molecule has 110 valence electrons. The Balaban J connectivity index is 2.28. The number of carbonyl (C=O) groups excluding carboxylic acids is 1. The second kappa shape index (κ2) is 9.41. The maximum Gasteiger partial charge on any atom is 0.226 e. The van der Waals surface area contributed by atoms with Crippen molar-refractivity contribution in [2.75, 3.05) is 32.2 Å². The van der Waals surface area contributed by atoms with Gasteiger partial charge in [-0.15, -0.1) is 0 Å². The van der Waals surface area contributed by atoms with Gasteiger partial charge in [0, 0.05) is 31.6 Å². The molecular weight excluding hydrogens is 276 g/mol. The zero-order chi connectivity index (χ0) is 14.8. The number of methoxy groups -OCH3 is 1. The zero-order valence-corrected chi connectivity index (χ0v) is 12.4. The van der Waals surface area contributed by atoms with Crippen LogP contribution in [0.2, 0.25) is 0 Å². The van der Waals surface area contributed by atoms with E-state index >= 15 is 0 Å². The first-order chi connectivity index (χ1) is 9.63. The Kier molecular flexibility index (Phi) is 7.79. The molecule has 5 nitrogen and oxygen atoms in total. The van der Waals surface area contributed by atoms with Crippen molar-refractivity contribution in [3.8, 4) is 0 Å². The number of rotatable bonds is 9. The topological polar surface area (TPSA) is 73.6 Å². The highest BCUT2D eigenvalue weighted by Gasteiger charge is 2.04. The molecule has 1 amide bonds. The van der Waals surface area contributed by atoms with Gasteiger partial charge in [0.25, 0.3) is 0 Å². The molecule has 0 aromatic heterocycles. The second-order valence-corrected chi connectivity index (χ2v) is 4.64. The van der Waals surface area contributed by atoms with E-state index in [0.717, 1.165) is 12.0 Å². The fraction of sp³-hybridized carbons (Fsp3) is 0.429. The van der Waals surface area contributed by atoms with Crippen LogP contribution in [0.1, 0.15) is 18.4 Å². The molecule has 20 heavy (non-hydrogen) atoms. The number of nitrogens with two attached hydrogens (primary N) is 1. The highest BCUT2D eigenvalue weighted by atomic mass is 32.1. The SMILES string of the molecule is COCCCOCCC(=O)Nc1cccc(C(N)=S)c1. The average molecular weight is 296 g/mol. The van der Waals surface area contributed by atoms with Crippen molar-refractivity contribution in [1.29, 1.82) is 0 Å². The van der Waals surface area contributed by atoms with Gasteiger partial charge in [-0.1, -0.05) is 24.4 Å². The van der Waals surface area contributed by atoms with Crippen molar-refractivity contribution < 1.29 is 14.3 Å². The van der Waals surface area contributed by atoms with Crippen LogP contribution in [0.3, 0.4) is 0 Å². The molecule has 0 unspecified atom stereocenters. The lowest BCUT2D eigenvalue weighted by atomic mass is 10.2. The van der Waals surface area contributed by atoms with Crippen molar-refractivity contribution >= 4 is 28.8 Å². The maximum absolute atomic E-state index is 11.7. The molecule has 0 spiro atoms. The lowest BCUT2D eigenvalue weighted by molar-refractivity contribution is -0.117. The van der Waals surface area contributed by atoms with E-state index in [4.69, 9.17) is 27.4 Å². The molecule has 1 rings (SSSR count). The predicted molar refractivity (Wildman–Crippen MR) is 82.9 cm³/mol. The number of benzene rings is 1. The lowest BCUT2D eigenvalue weighted by Crippen LogP contribution is -2.15. The van der Waals surface area contributed by atoms with E-state index in [9.17, 15) is 4.79 Å². The van der Waals surface area contributed by atoms with Crippen molar-refractivity contribution in [1.82, 2.24) is 0 Å². The molecule has 0 radical (unpaired) electrons. The van der Waals surface area contributed by atoms with Crippen molar-refractivity contribution in [2.45, 2.75) is 12.8 Å². The van der Waals surface area contributed by atoms with Crippen molar-refractivity contribution in [2.24, 2.45) is 5.73 Å². The molecular formula is C14H20N2O3S. The molecule has 1 aromatic rings. The van der Waals surface area contributed by atoms with E-state index in [-0.39, 0.29) is 5.91 Å². The number of anilines is 1. The van der Waals surface area contributed by atoms with Crippen LogP contribution in [-0.4, -0.2) is 37.8 Å². The second-order valence-electron chi connectivity index (χ2n) is 4.20. The van der Waals surface area contributed by atoms with Crippen LogP contribution in [0.4, 0.5) is 5.69 Å². The molecule has 0 aliphatic carbocycles. The predicted octanol–water partition coefficient (Wildman–Crippen LogP) is 1.70. The van der Waals surface area contributed by atoms with Crippen molar-refractivity contribution in [3.05, 3.63) is 29.8 Å². The van der Waals surface area contributed by atoms with E-state index < -0.39 is 0 Å². The van der Waals surface area contributed by atoms with Gasteiger partial charge in [-0.05, 0) is 18.6 Å². The van der Waals surface area contributed by atoms with Gasteiger partial charge in [0.05, 0.1) is 13.0 Å². The average Bonchev–Trinajstić information content (AvgIpc) is 2.43. The minimum Gasteiger partial charge on any atom is -0.389 e. The third kappa shape index (κ3) is 6.60. The summed E-state index contributed by atoms with van der Waals surface area (Å²) in [4.78, 5) is 12.0. The Hall–Kier alpha value is -1.50.